The Morgan fingerprint density at radius 3 is 2.13 bits per heavy atom. The second-order valence-electron chi connectivity index (χ2n) is 9.25. The summed E-state index contributed by atoms with van der Waals surface area (Å²) in [4.78, 5) is 0. The van der Waals surface area contributed by atoms with Crippen LogP contribution in [-0.4, -0.2) is 21.5 Å². The molecule has 0 aliphatic carbocycles. The minimum Gasteiger partial charge on any atom is -0.407 e. The Kier molecular flexibility index (Phi) is 6.82. The van der Waals surface area contributed by atoms with E-state index >= 15 is 0 Å². The van der Waals surface area contributed by atoms with Crippen molar-refractivity contribution in [3.05, 3.63) is 94.5 Å². The van der Waals surface area contributed by atoms with Crippen molar-refractivity contribution in [2.24, 2.45) is 0 Å². The summed E-state index contributed by atoms with van der Waals surface area (Å²) in [6.07, 6.45) is 1.93. The molecule has 0 saturated heterocycles. The lowest BCUT2D eigenvalue weighted by atomic mass is 9.96. The molecule has 4 heteroatoms. The minimum absolute atomic E-state index is 0.00804. The van der Waals surface area contributed by atoms with Crippen molar-refractivity contribution in [2.45, 2.75) is 44.8 Å². The van der Waals surface area contributed by atoms with E-state index in [1.165, 1.54) is 21.5 Å². The molecule has 0 amide bonds. The molecule has 0 N–H and O–H groups in total. The Bertz CT molecular complexity index is 959. The van der Waals surface area contributed by atoms with Gasteiger partial charge < -0.3 is 9.16 Å². The van der Waals surface area contributed by atoms with Gasteiger partial charge in [0.15, 0.2) is 0 Å². The van der Waals surface area contributed by atoms with Gasteiger partial charge in [-0.05, 0) is 51.5 Å². The van der Waals surface area contributed by atoms with Gasteiger partial charge in [-0.1, -0.05) is 103 Å². The molecule has 31 heavy (non-hydrogen) atoms. The van der Waals surface area contributed by atoms with Gasteiger partial charge in [-0.2, -0.15) is 0 Å². The maximum absolute atomic E-state index is 7.06. The van der Waals surface area contributed by atoms with Gasteiger partial charge in [0.1, 0.15) is 0 Å². The number of ether oxygens (including phenoxy) is 1. The lowest BCUT2D eigenvalue weighted by Gasteiger charge is -2.43. The van der Waals surface area contributed by atoms with Crippen LogP contribution in [0.15, 0.2) is 83.3 Å². The maximum Gasteiger partial charge on any atom is 0.261 e. The smallest absolute Gasteiger partial charge is 0.261 e. The largest absolute Gasteiger partial charge is 0.407 e. The highest BCUT2D eigenvalue weighted by Crippen LogP contribution is 2.38. The lowest BCUT2D eigenvalue weighted by molar-refractivity contribution is 0.0268. The van der Waals surface area contributed by atoms with Crippen molar-refractivity contribution in [2.75, 3.05) is 13.2 Å². The predicted octanol–water partition coefficient (Wildman–Crippen LogP) is 6.03. The van der Waals surface area contributed by atoms with E-state index in [1.807, 2.05) is 0 Å². The van der Waals surface area contributed by atoms with E-state index in [2.05, 4.69) is 116 Å². The van der Waals surface area contributed by atoms with Crippen LogP contribution in [0.3, 0.4) is 0 Å². The summed E-state index contributed by atoms with van der Waals surface area (Å²) < 4.78 is 14.4. The molecule has 0 bridgehead atoms. The van der Waals surface area contributed by atoms with Gasteiger partial charge in [-0.25, -0.2) is 0 Å². The van der Waals surface area contributed by atoms with Crippen LogP contribution in [0.1, 0.15) is 44.4 Å². The molecular weight excluding hydrogens is 464 g/mol. The summed E-state index contributed by atoms with van der Waals surface area (Å²) in [5.74, 6) is 0. The Balaban J connectivity index is 1.64. The van der Waals surface area contributed by atoms with E-state index in [0.717, 1.165) is 23.9 Å². The van der Waals surface area contributed by atoms with Gasteiger partial charge in [-0.3, -0.25) is 0 Å². The van der Waals surface area contributed by atoms with E-state index < -0.39 is 8.32 Å². The quantitative estimate of drug-likeness (QED) is 0.389. The predicted molar refractivity (Wildman–Crippen MR) is 135 cm³/mol. The van der Waals surface area contributed by atoms with Gasteiger partial charge in [0.05, 0.1) is 12.7 Å². The molecule has 1 aliphatic heterocycles. The summed E-state index contributed by atoms with van der Waals surface area (Å²) in [6, 6.07) is 28.2. The maximum atomic E-state index is 7.06. The highest BCUT2D eigenvalue weighted by molar-refractivity contribution is 9.10. The number of hydrogen-bond donors (Lipinski definition) is 0. The van der Waals surface area contributed by atoms with E-state index in [0.29, 0.717) is 6.61 Å². The van der Waals surface area contributed by atoms with Crippen LogP contribution in [0.25, 0.3) is 0 Å². The first-order valence-corrected chi connectivity index (χ1v) is 13.8. The summed E-state index contributed by atoms with van der Waals surface area (Å²) in [5, 5.41) is 2.64. The number of hydrogen-bond acceptors (Lipinski definition) is 2. The lowest BCUT2D eigenvalue weighted by Crippen LogP contribution is -2.66. The summed E-state index contributed by atoms with van der Waals surface area (Å²) >= 11 is 3.60. The van der Waals surface area contributed by atoms with Crippen LogP contribution < -0.4 is 10.4 Å². The van der Waals surface area contributed by atoms with Crippen molar-refractivity contribution in [1.82, 2.24) is 0 Å². The van der Waals surface area contributed by atoms with Crippen molar-refractivity contribution < 1.29 is 9.16 Å². The first kappa shape index (κ1) is 22.5. The normalized spacial score (nSPS) is 16.7. The zero-order valence-corrected chi connectivity index (χ0v) is 21.2. The first-order valence-electron chi connectivity index (χ1n) is 11.1. The van der Waals surface area contributed by atoms with Crippen LogP contribution >= 0.6 is 15.9 Å². The van der Waals surface area contributed by atoms with E-state index in [-0.39, 0.29) is 11.1 Å². The number of halogens is 1. The molecule has 3 aromatic carbocycles. The molecule has 1 atom stereocenters. The summed E-state index contributed by atoms with van der Waals surface area (Å²) in [5.41, 5.74) is 2.69. The summed E-state index contributed by atoms with van der Waals surface area (Å²) in [6.45, 7) is 8.41. The number of fused-ring (bicyclic) bond motifs is 1. The van der Waals surface area contributed by atoms with Gasteiger partial charge >= 0.3 is 0 Å². The molecule has 1 aliphatic rings. The monoisotopic (exact) mass is 494 g/mol. The van der Waals surface area contributed by atoms with Crippen molar-refractivity contribution in [1.29, 1.82) is 0 Å². The first-order chi connectivity index (χ1) is 14.9. The van der Waals surface area contributed by atoms with Gasteiger partial charge in [-0.15, -0.1) is 0 Å². The number of rotatable bonds is 6. The molecule has 1 heterocycles. The molecule has 0 fully saturated rings. The number of benzene rings is 3. The van der Waals surface area contributed by atoms with E-state index in [4.69, 9.17) is 9.16 Å². The van der Waals surface area contributed by atoms with Gasteiger partial charge in [0.25, 0.3) is 8.32 Å². The van der Waals surface area contributed by atoms with Crippen LogP contribution in [-0.2, 0) is 15.6 Å². The van der Waals surface area contributed by atoms with Crippen LogP contribution in [0.5, 0.6) is 0 Å². The van der Waals surface area contributed by atoms with Crippen LogP contribution in [0.4, 0.5) is 0 Å². The molecule has 0 spiro atoms. The molecule has 162 valence electrons. The molecule has 2 nitrogen and oxygen atoms in total. The fraction of sp³-hybridized carbons (Fsp3) is 0.333. The van der Waals surface area contributed by atoms with Gasteiger partial charge in [0.2, 0.25) is 0 Å². The molecule has 0 unspecified atom stereocenters. The molecule has 0 saturated carbocycles. The van der Waals surface area contributed by atoms with E-state index in [1.54, 1.807) is 0 Å². The third-order valence-corrected chi connectivity index (χ3v) is 11.8. The second-order valence-corrected chi connectivity index (χ2v) is 14.5. The average molecular weight is 496 g/mol. The Morgan fingerprint density at radius 2 is 1.55 bits per heavy atom. The van der Waals surface area contributed by atoms with Crippen LogP contribution in [0.2, 0.25) is 5.04 Å². The fourth-order valence-corrected chi connectivity index (χ4v) is 9.81. The highest BCUT2D eigenvalue weighted by Gasteiger charge is 2.50. The molecular formula is C27H31BrO2Si. The zero-order chi connectivity index (χ0) is 21.9. The van der Waals surface area contributed by atoms with Crippen molar-refractivity contribution in [3.8, 4) is 0 Å². The Morgan fingerprint density at radius 1 is 0.935 bits per heavy atom. The Hall–Kier alpha value is -1.72. The van der Waals surface area contributed by atoms with Gasteiger partial charge in [0, 0.05) is 11.1 Å². The topological polar surface area (TPSA) is 18.5 Å². The summed E-state index contributed by atoms with van der Waals surface area (Å²) in [7, 11) is -2.50. The Labute approximate surface area is 195 Å². The SMILES string of the molecule is CC(C)(C)[Si](OCC[C@@H]1OCCc2cc(Br)ccc21)(c1ccccc1)c1ccccc1. The van der Waals surface area contributed by atoms with E-state index in [9.17, 15) is 0 Å². The third-order valence-electron chi connectivity index (χ3n) is 6.26. The molecule has 0 aromatic heterocycles. The molecule has 3 aromatic rings. The molecule has 0 radical (unpaired) electrons. The third kappa shape index (κ3) is 4.58. The van der Waals surface area contributed by atoms with Crippen molar-refractivity contribution >= 4 is 34.6 Å². The molecule has 4 rings (SSSR count). The van der Waals surface area contributed by atoms with Crippen LogP contribution in [0, 0.1) is 0 Å². The van der Waals surface area contributed by atoms with Crippen molar-refractivity contribution in [3.63, 3.8) is 0 Å². The second kappa shape index (κ2) is 9.41. The standard InChI is InChI=1S/C27H31BrO2Si/c1-27(2,3)31(23-10-6-4-7-11-23,24-12-8-5-9-13-24)30-19-17-26-25-15-14-22(28)20-21(25)16-18-29-26/h4-15,20,26H,16-19H2,1-3H3/t26-/m0/s1. The average Bonchev–Trinajstić information content (AvgIpc) is 2.77. The highest BCUT2D eigenvalue weighted by atomic mass is 79.9. The minimum atomic E-state index is -2.50. The zero-order valence-electron chi connectivity index (χ0n) is 18.6. The fourth-order valence-electron chi connectivity index (χ4n) is 4.83.